The molecule has 2 aromatic carbocycles. The molecule has 0 aliphatic carbocycles. The summed E-state index contributed by atoms with van der Waals surface area (Å²) in [5, 5.41) is 0.155. The van der Waals surface area contributed by atoms with Gasteiger partial charge in [0, 0.05) is 10.0 Å². The Bertz CT molecular complexity index is 739. The number of halogens is 1. The standard InChI is InChI=1S/C21H27BrOSi/c1-15-8-10-17(11-9-15)16(2)19-14-18(22)12-13-20(19)23-24(6,7)21(3,4)5/h8-14H,2H2,1,3-7H3. The molecule has 2 aromatic rings. The Morgan fingerprint density at radius 3 is 2.17 bits per heavy atom. The molecule has 0 radical (unpaired) electrons. The van der Waals surface area contributed by atoms with Crippen molar-refractivity contribution in [3.63, 3.8) is 0 Å². The summed E-state index contributed by atoms with van der Waals surface area (Å²) < 4.78 is 7.61. The van der Waals surface area contributed by atoms with Gasteiger partial charge in [0.15, 0.2) is 0 Å². The summed E-state index contributed by atoms with van der Waals surface area (Å²) in [6.07, 6.45) is 0. The fraction of sp³-hybridized carbons (Fsp3) is 0.333. The van der Waals surface area contributed by atoms with E-state index >= 15 is 0 Å². The Morgan fingerprint density at radius 2 is 1.62 bits per heavy atom. The van der Waals surface area contributed by atoms with Crippen molar-refractivity contribution >= 4 is 29.8 Å². The Kier molecular flexibility index (Phi) is 5.46. The highest BCUT2D eigenvalue weighted by atomic mass is 79.9. The van der Waals surface area contributed by atoms with Gasteiger partial charge < -0.3 is 4.43 Å². The van der Waals surface area contributed by atoms with Crippen LogP contribution in [-0.2, 0) is 0 Å². The lowest BCUT2D eigenvalue weighted by atomic mass is 9.98. The van der Waals surface area contributed by atoms with E-state index < -0.39 is 8.32 Å². The maximum absolute atomic E-state index is 6.58. The fourth-order valence-corrected chi connectivity index (χ4v) is 3.56. The van der Waals surface area contributed by atoms with Crippen molar-refractivity contribution < 1.29 is 4.43 Å². The van der Waals surface area contributed by atoms with E-state index in [1.54, 1.807) is 0 Å². The molecule has 0 amide bonds. The molecule has 0 spiro atoms. The van der Waals surface area contributed by atoms with Crippen LogP contribution in [0, 0.1) is 6.92 Å². The van der Waals surface area contributed by atoms with Crippen molar-refractivity contribution in [3.8, 4) is 5.75 Å². The van der Waals surface area contributed by atoms with Gasteiger partial charge in [-0.25, -0.2) is 0 Å². The average molecular weight is 403 g/mol. The third kappa shape index (κ3) is 4.20. The Morgan fingerprint density at radius 1 is 1.04 bits per heavy atom. The predicted molar refractivity (Wildman–Crippen MR) is 111 cm³/mol. The first-order chi connectivity index (χ1) is 11.0. The van der Waals surface area contributed by atoms with Gasteiger partial charge in [-0.3, -0.25) is 0 Å². The van der Waals surface area contributed by atoms with Crippen molar-refractivity contribution in [1.82, 2.24) is 0 Å². The number of rotatable bonds is 4. The maximum Gasteiger partial charge on any atom is 0.250 e. The molecule has 128 valence electrons. The van der Waals surface area contributed by atoms with Crippen molar-refractivity contribution in [2.75, 3.05) is 0 Å². The minimum absolute atomic E-state index is 0.155. The first-order valence-corrected chi connectivity index (χ1v) is 12.0. The summed E-state index contributed by atoms with van der Waals surface area (Å²) in [4.78, 5) is 0. The molecule has 0 aromatic heterocycles. The number of aryl methyl sites for hydroxylation is 1. The second-order valence-electron chi connectivity index (χ2n) is 7.85. The molecule has 0 saturated carbocycles. The topological polar surface area (TPSA) is 9.23 Å². The van der Waals surface area contributed by atoms with Gasteiger partial charge in [0.25, 0.3) is 8.32 Å². The van der Waals surface area contributed by atoms with Crippen molar-refractivity contribution in [1.29, 1.82) is 0 Å². The third-order valence-corrected chi connectivity index (χ3v) is 9.67. The highest BCUT2D eigenvalue weighted by Crippen LogP contribution is 2.40. The summed E-state index contributed by atoms with van der Waals surface area (Å²) in [6, 6.07) is 14.7. The zero-order chi connectivity index (χ0) is 18.1. The molecule has 0 fully saturated rings. The predicted octanol–water partition coefficient (Wildman–Crippen LogP) is 7.20. The molecular weight excluding hydrogens is 376 g/mol. The molecule has 0 aliphatic rings. The van der Waals surface area contributed by atoms with Crippen LogP contribution in [-0.4, -0.2) is 8.32 Å². The van der Waals surface area contributed by atoms with Gasteiger partial charge in [-0.05, 0) is 54.4 Å². The van der Waals surface area contributed by atoms with Gasteiger partial charge in [0.1, 0.15) is 5.75 Å². The van der Waals surface area contributed by atoms with Gasteiger partial charge in [-0.1, -0.05) is 73.1 Å². The zero-order valence-corrected chi connectivity index (χ0v) is 18.1. The summed E-state index contributed by atoms with van der Waals surface area (Å²) in [7, 11) is -1.91. The van der Waals surface area contributed by atoms with Crippen molar-refractivity contribution in [2.45, 2.75) is 45.8 Å². The second kappa shape index (κ2) is 6.89. The SMILES string of the molecule is C=C(c1ccc(C)cc1)c1cc(Br)ccc1O[Si](C)(C)C(C)(C)C. The lowest BCUT2D eigenvalue weighted by Gasteiger charge is -2.37. The number of hydrogen-bond acceptors (Lipinski definition) is 1. The maximum atomic E-state index is 6.58. The van der Waals surface area contributed by atoms with Gasteiger partial charge in [0.2, 0.25) is 0 Å². The van der Waals surface area contributed by atoms with E-state index in [0.29, 0.717) is 0 Å². The summed E-state index contributed by atoms with van der Waals surface area (Å²) in [5.74, 6) is 0.926. The molecule has 0 heterocycles. The first kappa shape index (κ1) is 19.0. The molecular formula is C21H27BrOSi. The minimum atomic E-state index is -1.91. The quantitative estimate of drug-likeness (QED) is 0.490. The van der Waals surface area contributed by atoms with E-state index in [-0.39, 0.29) is 5.04 Å². The fourth-order valence-electron chi connectivity index (χ4n) is 2.17. The van der Waals surface area contributed by atoms with Crippen LogP contribution in [0.15, 0.2) is 53.5 Å². The van der Waals surface area contributed by atoms with Gasteiger partial charge >= 0.3 is 0 Å². The lowest BCUT2D eigenvalue weighted by molar-refractivity contribution is 0.491. The third-order valence-electron chi connectivity index (χ3n) is 4.84. The largest absolute Gasteiger partial charge is 0.543 e. The minimum Gasteiger partial charge on any atom is -0.543 e. The van der Waals surface area contributed by atoms with Crippen LogP contribution in [0.1, 0.15) is 37.5 Å². The van der Waals surface area contributed by atoms with Crippen LogP contribution in [0.2, 0.25) is 18.1 Å². The van der Waals surface area contributed by atoms with E-state index in [1.807, 2.05) is 6.07 Å². The van der Waals surface area contributed by atoms with Gasteiger partial charge in [-0.15, -0.1) is 0 Å². The normalized spacial score (nSPS) is 12.1. The Hall–Kier alpha value is -1.32. The summed E-state index contributed by atoms with van der Waals surface area (Å²) >= 11 is 3.58. The summed E-state index contributed by atoms with van der Waals surface area (Å²) in [5.41, 5.74) is 4.42. The summed E-state index contributed by atoms with van der Waals surface area (Å²) in [6.45, 7) is 17.7. The van der Waals surface area contributed by atoms with Crippen LogP contribution < -0.4 is 4.43 Å². The molecule has 3 heteroatoms. The van der Waals surface area contributed by atoms with Crippen LogP contribution in [0.4, 0.5) is 0 Å². The van der Waals surface area contributed by atoms with E-state index in [0.717, 1.165) is 26.9 Å². The monoisotopic (exact) mass is 402 g/mol. The number of benzene rings is 2. The second-order valence-corrected chi connectivity index (χ2v) is 13.5. The Labute approximate surface area is 156 Å². The lowest BCUT2D eigenvalue weighted by Crippen LogP contribution is -2.44. The highest BCUT2D eigenvalue weighted by molar-refractivity contribution is 9.10. The van der Waals surface area contributed by atoms with Gasteiger partial charge in [0.05, 0.1) is 0 Å². The molecule has 0 atom stereocenters. The highest BCUT2D eigenvalue weighted by Gasteiger charge is 2.39. The van der Waals surface area contributed by atoms with Crippen LogP contribution in [0.3, 0.4) is 0 Å². The van der Waals surface area contributed by atoms with E-state index in [4.69, 9.17) is 4.43 Å². The molecule has 0 bridgehead atoms. The van der Waals surface area contributed by atoms with Crippen molar-refractivity contribution in [2.24, 2.45) is 0 Å². The molecule has 2 rings (SSSR count). The average Bonchev–Trinajstić information content (AvgIpc) is 2.48. The molecule has 24 heavy (non-hydrogen) atoms. The number of hydrogen-bond donors (Lipinski definition) is 0. The molecule has 1 nitrogen and oxygen atoms in total. The van der Waals surface area contributed by atoms with Crippen LogP contribution in [0.25, 0.3) is 5.57 Å². The molecule has 0 aliphatic heterocycles. The first-order valence-electron chi connectivity index (χ1n) is 8.26. The van der Waals surface area contributed by atoms with E-state index in [1.165, 1.54) is 5.56 Å². The van der Waals surface area contributed by atoms with Gasteiger partial charge in [-0.2, -0.15) is 0 Å². The zero-order valence-electron chi connectivity index (χ0n) is 15.5. The Balaban J connectivity index is 2.45. The van der Waals surface area contributed by atoms with Crippen LogP contribution in [0.5, 0.6) is 5.75 Å². The smallest absolute Gasteiger partial charge is 0.250 e. The van der Waals surface area contributed by atoms with Crippen molar-refractivity contribution in [3.05, 3.63) is 70.2 Å². The molecule has 0 unspecified atom stereocenters. The van der Waals surface area contributed by atoms with E-state index in [9.17, 15) is 0 Å². The molecule has 0 N–H and O–H groups in total. The van der Waals surface area contributed by atoms with E-state index in [2.05, 4.69) is 99.7 Å². The molecule has 0 saturated heterocycles. The van der Waals surface area contributed by atoms with Crippen LogP contribution >= 0.6 is 15.9 Å².